The lowest BCUT2D eigenvalue weighted by molar-refractivity contribution is -0.135. The first-order valence-corrected chi connectivity index (χ1v) is 5.55. The van der Waals surface area contributed by atoms with Gasteiger partial charge in [0.05, 0.1) is 0 Å². The molecule has 5 nitrogen and oxygen atoms in total. The van der Waals surface area contributed by atoms with Gasteiger partial charge < -0.3 is 15.3 Å². The number of likely N-dealkylation sites (tertiary alicyclic amines) is 1. The Morgan fingerprint density at radius 3 is 2.50 bits per heavy atom. The average molecular weight is 228 g/mol. The summed E-state index contributed by atoms with van der Waals surface area (Å²) in [6, 6.07) is -0.269. The summed E-state index contributed by atoms with van der Waals surface area (Å²) in [5.41, 5.74) is 0.196. The Kier molecular flexibility index (Phi) is 3.78. The summed E-state index contributed by atoms with van der Waals surface area (Å²) in [5.74, 6) is -0.525. The number of nitrogens with one attached hydrogen (secondary N) is 1. The van der Waals surface area contributed by atoms with Gasteiger partial charge in [0.15, 0.2) is 0 Å². The van der Waals surface area contributed by atoms with Crippen LogP contribution in [0.5, 0.6) is 0 Å². The normalized spacial score (nSPS) is 20.9. The summed E-state index contributed by atoms with van der Waals surface area (Å²) >= 11 is 0. The zero-order valence-electron chi connectivity index (χ0n) is 10.1. The van der Waals surface area contributed by atoms with Gasteiger partial charge in [0, 0.05) is 13.1 Å². The lowest BCUT2D eigenvalue weighted by Crippen LogP contribution is -2.41. The van der Waals surface area contributed by atoms with Crippen molar-refractivity contribution in [1.82, 2.24) is 10.2 Å². The van der Waals surface area contributed by atoms with Crippen LogP contribution in [-0.4, -0.2) is 41.6 Å². The van der Waals surface area contributed by atoms with Crippen LogP contribution >= 0.6 is 0 Å². The predicted molar refractivity (Wildman–Crippen MR) is 60.2 cm³/mol. The monoisotopic (exact) mass is 228 g/mol. The second-order valence-corrected chi connectivity index (χ2v) is 5.35. The van der Waals surface area contributed by atoms with E-state index in [1.54, 1.807) is 4.90 Å². The van der Waals surface area contributed by atoms with E-state index >= 15 is 0 Å². The minimum atomic E-state index is -1.01. The zero-order chi connectivity index (χ0) is 12.3. The van der Waals surface area contributed by atoms with E-state index < -0.39 is 5.97 Å². The number of urea groups is 1. The number of carbonyl (C=O) groups excluding carboxylic acids is 1. The van der Waals surface area contributed by atoms with E-state index in [9.17, 15) is 9.59 Å². The maximum Gasteiger partial charge on any atom is 0.323 e. The standard InChI is InChI=1S/C11H20N2O3/c1-11(2,3)8-4-5-13(7-8)10(16)12-6-9(14)15/h8H,4-7H2,1-3H3,(H,12,16)(H,14,15). The number of carboxylic acid groups (broad SMARTS) is 1. The van der Waals surface area contributed by atoms with Gasteiger partial charge in [0.2, 0.25) is 0 Å². The van der Waals surface area contributed by atoms with Crippen molar-refractivity contribution >= 4 is 12.0 Å². The van der Waals surface area contributed by atoms with Crippen LogP contribution < -0.4 is 5.32 Å². The molecule has 1 saturated heterocycles. The topological polar surface area (TPSA) is 69.6 Å². The van der Waals surface area contributed by atoms with E-state index in [2.05, 4.69) is 26.1 Å². The molecule has 1 rings (SSSR count). The molecule has 5 heteroatoms. The van der Waals surface area contributed by atoms with Crippen molar-refractivity contribution in [2.75, 3.05) is 19.6 Å². The Morgan fingerprint density at radius 1 is 1.44 bits per heavy atom. The molecular weight excluding hydrogens is 208 g/mol. The van der Waals surface area contributed by atoms with Crippen molar-refractivity contribution in [3.05, 3.63) is 0 Å². The van der Waals surface area contributed by atoms with Crippen LogP contribution in [0.4, 0.5) is 4.79 Å². The van der Waals surface area contributed by atoms with Gasteiger partial charge >= 0.3 is 12.0 Å². The van der Waals surface area contributed by atoms with Gasteiger partial charge in [-0.15, -0.1) is 0 Å². The summed E-state index contributed by atoms with van der Waals surface area (Å²) in [6.45, 7) is 7.61. The Hall–Kier alpha value is -1.26. The fraction of sp³-hybridized carbons (Fsp3) is 0.818. The first-order chi connectivity index (χ1) is 7.30. The lowest BCUT2D eigenvalue weighted by atomic mass is 9.80. The van der Waals surface area contributed by atoms with E-state index in [1.807, 2.05) is 0 Å². The Labute approximate surface area is 95.8 Å². The number of carbonyl (C=O) groups is 2. The van der Waals surface area contributed by atoms with Crippen molar-refractivity contribution in [1.29, 1.82) is 0 Å². The summed E-state index contributed by atoms with van der Waals surface area (Å²) in [4.78, 5) is 23.6. The number of amides is 2. The van der Waals surface area contributed by atoms with Gasteiger partial charge in [0.1, 0.15) is 6.54 Å². The molecule has 16 heavy (non-hydrogen) atoms. The molecule has 0 aliphatic carbocycles. The quantitative estimate of drug-likeness (QED) is 0.744. The van der Waals surface area contributed by atoms with Gasteiger partial charge in [-0.2, -0.15) is 0 Å². The summed E-state index contributed by atoms with van der Waals surface area (Å²) in [7, 11) is 0. The highest BCUT2D eigenvalue weighted by Crippen LogP contribution is 2.33. The van der Waals surface area contributed by atoms with Gasteiger partial charge in [-0.1, -0.05) is 20.8 Å². The molecular formula is C11H20N2O3. The second-order valence-electron chi connectivity index (χ2n) is 5.35. The third-order valence-electron chi connectivity index (χ3n) is 3.09. The molecule has 1 heterocycles. The molecule has 0 spiro atoms. The molecule has 1 fully saturated rings. The maximum absolute atomic E-state index is 11.6. The number of hydrogen-bond acceptors (Lipinski definition) is 2. The molecule has 2 amide bonds. The lowest BCUT2D eigenvalue weighted by Gasteiger charge is -2.26. The molecule has 0 aromatic carbocycles. The highest BCUT2D eigenvalue weighted by molar-refractivity contribution is 5.80. The van der Waals surface area contributed by atoms with Crippen LogP contribution in [0.25, 0.3) is 0 Å². The van der Waals surface area contributed by atoms with Crippen molar-refractivity contribution in [3.63, 3.8) is 0 Å². The highest BCUT2D eigenvalue weighted by Gasteiger charge is 2.33. The molecule has 0 bridgehead atoms. The van der Waals surface area contributed by atoms with Gasteiger partial charge in [-0.05, 0) is 17.8 Å². The molecule has 1 unspecified atom stereocenters. The van der Waals surface area contributed by atoms with Crippen molar-refractivity contribution in [3.8, 4) is 0 Å². The minimum absolute atomic E-state index is 0.196. The Bertz CT molecular complexity index is 283. The van der Waals surface area contributed by atoms with Crippen LogP contribution in [-0.2, 0) is 4.79 Å². The fourth-order valence-electron chi connectivity index (χ4n) is 1.91. The molecule has 0 saturated carbocycles. The van der Waals surface area contributed by atoms with Crippen LogP contribution in [0.15, 0.2) is 0 Å². The van der Waals surface area contributed by atoms with Gasteiger partial charge in [0.25, 0.3) is 0 Å². The molecule has 0 aromatic rings. The van der Waals surface area contributed by atoms with E-state index in [0.717, 1.165) is 13.0 Å². The SMILES string of the molecule is CC(C)(C)C1CCN(C(=O)NCC(=O)O)C1. The first kappa shape index (κ1) is 12.8. The largest absolute Gasteiger partial charge is 0.480 e. The molecule has 0 aromatic heterocycles. The fourth-order valence-corrected chi connectivity index (χ4v) is 1.91. The van der Waals surface area contributed by atoms with Crippen molar-refractivity contribution < 1.29 is 14.7 Å². The summed E-state index contributed by atoms with van der Waals surface area (Å²) in [5, 5.41) is 10.8. The van der Waals surface area contributed by atoms with E-state index in [0.29, 0.717) is 12.5 Å². The van der Waals surface area contributed by atoms with E-state index in [-0.39, 0.29) is 18.0 Å². The average Bonchev–Trinajstić information content (AvgIpc) is 2.61. The molecule has 1 aliphatic rings. The van der Waals surface area contributed by atoms with E-state index in [1.165, 1.54) is 0 Å². The van der Waals surface area contributed by atoms with Gasteiger partial charge in [-0.3, -0.25) is 4.79 Å². The maximum atomic E-state index is 11.6. The van der Waals surface area contributed by atoms with Crippen molar-refractivity contribution in [2.24, 2.45) is 11.3 Å². The highest BCUT2D eigenvalue weighted by atomic mass is 16.4. The number of hydrogen-bond donors (Lipinski definition) is 2. The van der Waals surface area contributed by atoms with Crippen LogP contribution in [0.1, 0.15) is 27.2 Å². The molecule has 2 N–H and O–H groups in total. The van der Waals surface area contributed by atoms with Crippen LogP contribution in [0.2, 0.25) is 0 Å². The first-order valence-electron chi connectivity index (χ1n) is 5.55. The van der Waals surface area contributed by atoms with Crippen molar-refractivity contribution in [2.45, 2.75) is 27.2 Å². The number of aliphatic carboxylic acids is 1. The predicted octanol–water partition coefficient (Wildman–Crippen LogP) is 1.15. The number of carboxylic acids is 1. The second kappa shape index (κ2) is 4.72. The summed E-state index contributed by atoms with van der Waals surface area (Å²) < 4.78 is 0. The molecule has 1 atom stereocenters. The third-order valence-corrected chi connectivity index (χ3v) is 3.09. The third kappa shape index (κ3) is 3.40. The smallest absolute Gasteiger partial charge is 0.323 e. The Balaban J connectivity index is 2.41. The summed E-state index contributed by atoms with van der Waals surface area (Å²) in [6.07, 6.45) is 0.990. The molecule has 0 radical (unpaired) electrons. The minimum Gasteiger partial charge on any atom is -0.480 e. The van der Waals surface area contributed by atoms with Crippen LogP contribution in [0, 0.1) is 11.3 Å². The molecule has 1 aliphatic heterocycles. The van der Waals surface area contributed by atoms with Crippen LogP contribution in [0.3, 0.4) is 0 Å². The zero-order valence-corrected chi connectivity index (χ0v) is 10.1. The number of nitrogens with zero attached hydrogens (tertiary/aromatic N) is 1. The van der Waals surface area contributed by atoms with E-state index in [4.69, 9.17) is 5.11 Å². The number of rotatable bonds is 2. The molecule has 92 valence electrons. The Morgan fingerprint density at radius 2 is 2.06 bits per heavy atom. The van der Waals surface area contributed by atoms with Gasteiger partial charge in [-0.25, -0.2) is 4.79 Å².